The van der Waals surface area contributed by atoms with Crippen molar-refractivity contribution in [3.05, 3.63) is 47.5 Å². The molecule has 32 heavy (non-hydrogen) atoms. The highest BCUT2D eigenvalue weighted by atomic mass is 32.2. The third-order valence-corrected chi connectivity index (χ3v) is 6.70. The van der Waals surface area contributed by atoms with Crippen LogP contribution in [0, 0.1) is 0 Å². The van der Waals surface area contributed by atoms with E-state index in [1.54, 1.807) is 24.6 Å². The zero-order valence-corrected chi connectivity index (χ0v) is 19.2. The van der Waals surface area contributed by atoms with Crippen molar-refractivity contribution in [1.82, 2.24) is 0 Å². The van der Waals surface area contributed by atoms with Crippen LogP contribution in [0.1, 0.15) is 35.7 Å². The highest BCUT2D eigenvalue weighted by molar-refractivity contribution is 7.94. The number of methoxy groups -OCH3 is 2. The summed E-state index contributed by atoms with van der Waals surface area (Å²) in [6.45, 7) is 3.58. The van der Waals surface area contributed by atoms with E-state index in [9.17, 15) is 30.4 Å². The Balaban J connectivity index is 2.61. The number of anilines is 2. The van der Waals surface area contributed by atoms with Crippen molar-refractivity contribution in [2.24, 2.45) is 0 Å². The number of hydrogen-bond donors (Lipinski definition) is 2. The number of hydrogen-bond acceptors (Lipinski definition) is 7. The van der Waals surface area contributed by atoms with Crippen molar-refractivity contribution >= 4 is 37.4 Å². The highest BCUT2D eigenvalue weighted by Gasteiger charge is 2.29. The van der Waals surface area contributed by atoms with Crippen LogP contribution >= 0.6 is 0 Å². The van der Waals surface area contributed by atoms with E-state index < -0.39 is 42.4 Å². The fraction of sp³-hybridized carbons (Fsp3) is 0.316. The number of ether oxygens (including phenoxy) is 2. The van der Waals surface area contributed by atoms with E-state index in [4.69, 9.17) is 4.74 Å². The number of esters is 1. The van der Waals surface area contributed by atoms with E-state index in [-0.39, 0.29) is 22.9 Å². The van der Waals surface area contributed by atoms with E-state index in [0.717, 1.165) is 12.1 Å². The maximum atomic E-state index is 13.1. The molecule has 0 aliphatic rings. The molecule has 2 aromatic carbocycles. The molecule has 0 fully saturated rings. The molecule has 9 nitrogen and oxygen atoms in total. The third-order valence-electron chi connectivity index (χ3n) is 4.30. The molecule has 0 spiro atoms. The summed E-state index contributed by atoms with van der Waals surface area (Å²) in [5.41, 5.74) is 0.0150. The molecule has 2 N–H and O–H groups in total. The van der Waals surface area contributed by atoms with Gasteiger partial charge in [-0.3, -0.25) is 9.44 Å². The summed E-state index contributed by atoms with van der Waals surface area (Å²) < 4.78 is 88.7. The van der Waals surface area contributed by atoms with Gasteiger partial charge in [0.05, 0.1) is 31.2 Å². The van der Waals surface area contributed by atoms with Gasteiger partial charge in [-0.25, -0.2) is 21.6 Å². The van der Waals surface area contributed by atoms with E-state index >= 15 is 0 Å². The van der Waals surface area contributed by atoms with Crippen LogP contribution < -0.4 is 14.2 Å². The molecule has 2 rings (SSSR count). The maximum absolute atomic E-state index is 13.1. The van der Waals surface area contributed by atoms with Crippen molar-refractivity contribution < 1.29 is 39.9 Å². The van der Waals surface area contributed by atoms with Gasteiger partial charge in [0.2, 0.25) is 0 Å². The molecule has 13 heteroatoms. The molecule has 0 radical (unpaired) electrons. The smallest absolute Gasteiger partial charge is 0.355 e. The zero-order valence-electron chi connectivity index (χ0n) is 17.5. The minimum Gasteiger partial charge on any atom is -0.497 e. The third kappa shape index (κ3) is 5.65. The van der Waals surface area contributed by atoms with Gasteiger partial charge in [-0.15, -0.1) is 0 Å². The Bertz CT molecular complexity index is 1210. The highest BCUT2D eigenvalue weighted by Crippen LogP contribution is 2.32. The van der Waals surface area contributed by atoms with Crippen LogP contribution in [0.4, 0.5) is 20.2 Å². The van der Waals surface area contributed by atoms with Crippen LogP contribution in [0.5, 0.6) is 5.75 Å². The maximum Gasteiger partial charge on any atom is 0.355 e. The Morgan fingerprint density at radius 1 is 0.938 bits per heavy atom. The fourth-order valence-electron chi connectivity index (χ4n) is 2.74. The molecule has 0 heterocycles. The van der Waals surface area contributed by atoms with Crippen LogP contribution in [-0.2, 0) is 24.8 Å². The van der Waals surface area contributed by atoms with Gasteiger partial charge in [0.1, 0.15) is 10.6 Å². The van der Waals surface area contributed by atoms with Gasteiger partial charge in [-0.2, -0.15) is 8.78 Å². The SMILES string of the molecule is COC(=O)c1ccc(C(C)C)c(NS(=O)(=O)c2ccc(OC)cc2NS(=O)(=O)C(F)F)c1. The van der Waals surface area contributed by atoms with Gasteiger partial charge in [0.15, 0.2) is 0 Å². The summed E-state index contributed by atoms with van der Waals surface area (Å²) >= 11 is 0. The van der Waals surface area contributed by atoms with E-state index in [1.807, 2.05) is 0 Å². The predicted octanol–water partition coefficient (Wildman–Crippen LogP) is 3.37. The number of carbonyl (C=O) groups is 1. The largest absolute Gasteiger partial charge is 0.497 e. The van der Waals surface area contributed by atoms with Crippen LogP contribution in [0.25, 0.3) is 0 Å². The molecule has 0 aliphatic carbocycles. The number of nitrogens with one attached hydrogen (secondary N) is 2. The second-order valence-electron chi connectivity index (χ2n) is 6.82. The molecule has 0 saturated heterocycles. The number of rotatable bonds is 9. The molecular formula is C19H22F2N2O7S2. The Morgan fingerprint density at radius 3 is 2.12 bits per heavy atom. The summed E-state index contributed by atoms with van der Waals surface area (Å²) in [4.78, 5) is 11.2. The lowest BCUT2D eigenvalue weighted by atomic mass is 9.99. The van der Waals surface area contributed by atoms with Gasteiger partial charge in [-0.05, 0) is 35.7 Å². The number of halogens is 2. The Morgan fingerprint density at radius 2 is 1.59 bits per heavy atom. The van der Waals surface area contributed by atoms with E-state index in [2.05, 4.69) is 9.46 Å². The molecule has 0 atom stereocenters. The normalized spacial score (nSPS) is 12.0. The number of benzene rings is 2. The molecule has 0 unspecified atom stereocenters. The lowest BCUT2D eigenvalue weighted by Crippen LogP contribution is -2.23. The monoisotopic (exact) mass is 492 g/mol. The average Bonchev–Trinajstić information content (AvgIpc) is 2.71. The summed E-state index contributed by atoms with van der Waals surface area (Å²) in [7, 11) is -7.26. The molecule has 176 valence electrons. The Hall–Kier alpha value is -2.93. The van der Waals surface area contributed by atoms with Crippen molar-refractivity contribution in [2.45, 2.75) is 30.4 Å². The van der Waals surface area contributed by atoms with Crippen molar-refractivity contribution in [1.29, 1.82) is 0 Å². The molecule has 0 aliphatic heterocycles. The molecule has 0 bridgehead atoms. The van der Waals surface area contributed by atoms with Crippen molar-refractivity contribution in [3.63, 3.8) is 0 Å². The van der Waals surface area contributed by atoms with Crippen LogP contribution in [0.3, 0.4) is 0 Å². The van der Waals surface area contributed by atoms with Gasteiger partial charge in [-0.1, -0.05) is 19.9 Å². The molecule has 2 aromatic rings. The zero-order chi connectivity index (χ0) is 24.3. The number of alkyl halides is 2. The second-order valence-corrected chi connectivity index (χ2v) is 10.1. The first-order valence-electron chi connectivity index (χ1n) is 9.05. The lowest BCUT2D eigenvalue weighted by Gasteiger charge is -2.18. The van der Waals surface area contributed by atoms with Gasteiger partial charge in [0, 0.05) is 6.07 Å². The number of carbonyl (C=O) groups excluding carboxylic acids is 1. The first-order chi connectivity index (χ1) is 14.8. The number of sulfonamides is 2. The van der Waals surface area contributed by atoms with E-state index in [0.29, 0.717) is 5.56 Å². The van der Waals surface area contributed by atoms with Crippen LogP contribution in [0.15, 0.2) is 41.3 Å². The second kappa shape index (κ2) is 9.69. The predicted molar refractivity (Wildman–Crippen MR) is 114 cm³/mol. The minimum atomic E-state index is -5.17. The Kier molecular flexibility index (Phi) is 7.67. The van der Waals surface area contributed by atoms with Gasteiger partial charge >= 0.3 is 11.7 Å². The van der Waals surface area contributed by atoms with E-state index in [1.165, 1.54) is 32.4 Å². The fourth-order valence-corrected chi connectivity index (χ4v) is 4.59. The summed E-state index contributed by atoms with van der Waals surface area (Å²) in [5, 5.41) is 0. The Labute approximate surface area is 184 Å². The van der Waals surface area contributed by atoms with Crippen molar-refractivity contribution in [2.75, 3.05) is 23.7 Å². The van der Waals surface area contributed by atoms with Gasteiger partial charge in [0.25, 0.3) is 20.0 Å². The molecule has 0 aromatic heterocycles. The average molecular weight is 493 g/mol. The topological polar surface area (TPSA) is 128 Å². The minimum absolute atomic E-state index is 0.0338. The van der Waals surface area contributed by atoms with Crippen LogP contribution in [-0.4, -0.2) is 42.8 Å². The molecule has 0 saturated carbocycles. The summed E-state index contributed by atoms with van der Waals surface area (Å²) in [5.74, 6) is -4.62. The lowest BCUT2D eigenvalue weighted by molar-refractivity contribution is 0.0600. The summed E-state index contributed by atoms with van der Waals surface area (Å²) in [6.07, 6.45) is 0. The van der Waals surface area contributed by atoms with Gasteiger partial charge < -0.3 is 9.47 Å². The first kappa shape index (κ1) is 25.3. The quantitative estimate of drug-likeness (QED) is 0.514. The molecular weight excluding hydrogens is 470 g/mol. The standard InChI is InChI=1S/C19H22F2N2O7S2/c1-11(2)14-7-5-12(18(24)30-4)9-15(14)22-31(25,26)17-8-6-13(29-3)10-16(17)23-32(27,28)19(20)21/h5-11,19,22-23H,1-4H3. The molecule has 0 amide bonds. The first-order valence-corrected chi connectivity index (χ1v) is 12.1. The van der Waals surface area contributed by atoms with Crippen LogP contribution in [0.2, 0.25) is 0 Å². The van der Waals surface area contributed by atoms with Crippen molar-refractivity contribution in [3.8, 4) is 5.75 Å². The summed E-state index contributed by atoms with van der Waals surface area (Å²) in [6, 6.07) is 7.47.